The maximum Gasteiger partial charge on any atom is 0.322 e. The lowest BCUT2D eigenvalue weighted by Crippen LogP contribution is -2.06. The van der Waals surface area contributed by atoms with Crippen molar-refractivity contribution in [1.29, 1.82) is 5.26 Å². The first-order valence-electron chi connectivity index (χ1n) is 2.59. The molecule has 1 heterocycles. The topological polar surface area (TPSA) is 53.1 Å². The van der Waals surface area contributed by atoms with Gasteiger partial charge in [0.2, 0.25) is 0 Å². The van der Waals surface area contributed by atoms with E-state index in [0.717, 1.165) is 0 Å². The van der Waals surface area contributed by atoms with Crippen LogP contribution in [0, 0.1) is 11.3 Å². The van der Waals surface area contributed by atoms with Gasteiger partial charge in [-0.15, -0.1) is 5.06 Å². The number of nitriles is 1. The molecule has 0 amide bonds. The van der Waals surface area contributed by atoms with E-state index in [0.29, 0.717) is 6.54 Å². The average Bonchev–Trinajstić information content (AvgIpc) is 2.45. The molecule has 2 atom stereocenters. The van der Waals surface area contributed by atoms with Crippen LogP contribution in [-0.2, 0) is 9.63 Å². The summed E-state index contributed by atoms with van der Waals surface area (Å²) in [4.78, 5) is 14.7. The summed E-state index contributed by atoms with van der Waals surface area (Å²) < 4.78 is 0. The summed E-state index contributed by atoms with van der Waals surface area (Å²) in [5, 5.41) is 9.54. The van der Waals surface area contributed by atoms with Crippen molar-refractivity contribution in [3.05, 3.63) is 0 Å². The minimum absolute atomic E-state index is 0.200. The highest BCUT2D eigenvalue weighted by atomic mass is 16.7. The molecule has 0 spiro atoms. The normalized spacial score (nSPS) is 30.7. The van der Waals surface area contributed by atoms with Crippen LogP contribution in [0.1, 0.15) is 6.92 Å². The zero-order valence-electron chi connectivity index (χ0n) is 5.00. The number of nitrogens with zero attached hydrogens (tertiary/aromatic N) is 2. The van der Waals surface area contributed by atoms with E-state index in [1.807, 2.05) is 6.07 Å². The zero-order chi connectivity index (χ0) is 6.85. The van der Waals surface area contributed by atoms with Crippen molar-refractivity contribution in [3.63, 3.8) is 0 Å². The predicted octanol–water partition coefficient (Wildman–Crippen LogP) is -0.328. The van der Waals surface area contributed by atoms with Gasteiger partial charge >= 0.3 is 5.97 Å². The van der Waals surface area contributed by atoms with E-state index < -0.39 is 0 Å². The van der Waals surface area contributed by atoms with Crippen molar-refractivity contribution in [1.82, 2.24) is 5.06 Å². The van der Waals surface area contributed by atoms with Crippen LogP contribution in [0.5, 0.6) is 0 Å². The minimum atomic E-state index is -0.368. The van der Waals surface area contributed by atoms with Gasteiger partial charge in [-0.1, -0.05) is 0 Å². The smallest absolute Gasteiger partial charge is 0.322 e. The molecule has 0 bridgehead atoms. The third kappa shape index (κ3) is 1.40. The molecule has 1 saturated heterocycles. The summed E-state index contributed by atoms with van der Waals surface area (Å²) in [5.74, 6) is -0.368. The summed E-state index contributed by atoms with van der Waals surface area (Å²) in [7, 11) is 0. The van der Waals surface area contributed by atoms with Crippen LogP contribution >= 0.6 is 0 Å². The molecule has 48 valence electrons. The van der Waals surface area contributed by atoms with Gasteiger partial charge in [-0.05, 0) is 0 Å². The molecule has 1 fully saturated rings. The zero-order valence-corrected chi connectivity index (χ0v) is 5.00. The highest BCUT2D eigenvalue weighted by Crippen LogP contribution is 2.15. The van der Waals surface area contributed by atoms with Crippen molar-refractivity contribution >= 4 is 5.97 Å². The minimum Gasteiger partial charge on any atom is -0.367 e. The standard InChI is InChI=1S/C5H6N2O2/c1-4(8)9-7-3-5(7)2-6/h5H,3H2,1H3. The van der Waals surface area contributed by atoms with Gasteiger partial charge in [-0.25, -0.2) is 0 Å². The number of carbonyl (C=O) groups is 1. The third-order valence-electron chi connectivity index (χ3n) is 0.962. The number of hydrogen-bond acceptors (Lipinski definition) is 4. The average molecular weight is 126 g/mol. The third-order valence-corrected chi connectivity index (χ3v) is 0.962. The lowest BCUT2D eigenvalue weighted by Gasteiger charge is -1.95. The Bertz CT molecular complexity index is 172. The fourth-order valence-electron chi connectivity index (χ4n) is 0.495. The second kappa shape index (κ2) is 2.03. The Morgan fingerprint density at radius 3 is 3.00 bits per heavy atom. The van der Waals surface area contributed by atoms with E-state index in [1.54, 1.807) is 0 Å². The molecule has 0 saturated carbocycles. The molecule has 1 aliphatic rings. The van der Waals surface area contributed by atoms with E-state index in [9.17, 15) is 4.79 Å². The van der Waals surface area contributed by atoms with Crippen molar-refractivity contribution < 1.29 is 9.63 Å². The molecule has 4 nitrogen and oxygen atoms in total. The Kier molecular flexibility index (Phi) is 1.37. The van der Waals surface area contributed by atoms with Gasteiger partial charge in [0.1, 0.15) is 6.04 Å². The first-order chi connectivity index (χ1) is 4.24. The molecule has 0 aromatic heterocycles. The van der Waals surface area contributed by atoms with Crippen LogP contribution in [0.15, 0.2) is 0 Å². The Balaban J connectivity index is 2.22. The maximum atomic E-state index is 10.2. The fraction of sp³-hybridized carbons (Fsp3) is 0.600. The van der Waals surface area contributed by atoms with Crippen molar-refractivity contribution in [2.75, 3.05) is 6.54 Å². The van der Waals surface area contributed by atoms with Gasteiger partial charge in [0, 0.05) is 6.92 Å². The van der Waals surface area contributed by atoms with Crippen molar-refractivity contribution in [3.8, 4) is 6.07 Å². The molecule has 4 heteroatoms. The van der Waals surface area contributed by atoms with Crippen LogP contribution < -0.4 is 0 Å². The Hall–Kier alpha value is -1.08. The van der Waals surface area contributed by atoms with Crippen LogP contribution in [0.4, 0.5) is 0 Å². The summed E-state index contributed by atoms with van der Waals surface area (Å²) in [6, 6.07) is 1.74. The van der Waals surface area contributed by atoms with E-state index in [2.05, 4.69) is 4.84 Å². The molecule has 1 aliphatic heterocycles. The molecule has 1 rings (SSSR count). The Morgan fingerprint density at radius 2 is 2.67 bits per heavy atom. The van der Waals surface area contributed by atoms with Crippen LogP contribution in [0.2, 0.25) is 0 Å². The first-order valence-corrected chi connectivity index (χ1v) is 2.59. The van der Waals surface area contributed by atoms with Gasteiger partial charge in [0.15, 0.2) is 0 Å². The monoisotopic (exact) mass is 126 g/mol. The number of hydroxylamine groups is 2. The molecule has 0 N–H and O–H groups in total. The molecule has 0 aliphatic carbocycles. The molecule has 9 heavy (non-hydrogen) atoms. The molecule has 0 aromatic carbocycles. The lowest BCUT2D eigenvalue weighted by molar-refractivity contribution is -0.164. The van der Waals surface area contributed by atoms with Crippen LogP contribution in [0.3, 0.4) is 0 Å². The molecule has 2 unspecified atom stereocenters. The predicted molar refractivity (Wildman–Crippen MR) is 27.9 cm³/mol. The van der Waals surface area contributed by atoms with Crippen molar-refractivity contribution in [2.45, 2.75) is 13.0 Å². The Labute approximate surface area is 52.6 Å². The van der Waals surface area contributed by atoms with E-state index >= 15 is 0 Å². The van der Waals surface area contributed by atoms with E-state index in [-0.39, 0.29) is 12.0 Å². The van der Waals surface area contributed by atoms with Gasteiger partial charge in [-0.3, -0.25) is 4.79 Å². The fourth-order valence-corrected chi connectivity index (χ4v) is 0.495. The largest absolute Gasteiger partial charge is 0.367 e. The molecule has 0 aromatic rings. The van der Waals surface area contributed by atoms with Gasteiger partial charge in [0.05, 0.1) is 12.6 Å². The highest BCUT2D eigenvalue weighted by Gasteiger charge is 2.37. The van der Waals surface area contributed by atoms with Crippen molar-refractivity contribution in [2.24, 2.45) is 0 Å². The van der Waals surface area contributed by atoms with Gasteiger partial charge in [-0.2, -0.15) is 5.26 Å². The Morgan fingerprint density at radius 1 is 2.00 bits per heavy atom. The van der Waals surface area contributed by atoms with Gasteiger partial charge < -0.3 is 4.84 Å². The van der Waals surface area contributed by atoms with E-state index in [4.69, 9.17) is 5.26 Å². The van der Waals surface area contributed by atoms with Crippen LogP contribution in [0.25, 0.3) is 0 Å². The maximum absolute atomic E-state index is 10.2. The summed E-state index contributed by atoms with van der Waals surface area (Å²) in [6.07, 6.45) is 0. The quantitative estimate of drug-likeness (QED) is 0.451. The second-order valence-electron chi connectivity index (χ2n) is 1.83. The van der Waals surface area contributed by atoms with Crippen LogP contribution in [-0.4, -0.2) is 23.6 Å². The molecular formula is C5H6N2O2. The van der Waals surface area contributed by atoms with Gasteiger partial charge in [0.25, 0.3) is 0 Å². The number of carbonyl (C=O) groups excluding carboxylic acids is 1. The molecular weight excluding hydrogens is 120 g/mol. The summed E-state index contributed by atoms with van der Waals surface area (Å²) in [5.41, 5.74) is 0. The second-order valence-corrected chi connectivity index (χ2v) is 1.83. The number of hydrogen-bond donors (Lipinski definition) is 0. The summed E-state index contributed by atoms with van der Waals surface area (Å²) >= 11 is 0. The summed E-state index contributed by atoms with van der Waals surface area (Å²) in [6.45, 7) is 1.86. The first kappa shape index (κ1) is 6.05. The highest BCUT2D eigenvalue weighted by molar-refractivity contribution is 5.65. The molecule has 0 radical (unpaired) electrons. The van der Waals surface area contributed by atoms with E-state index in [1.165, 1.54) is 12.0 Å². The lowest BCUT2D eigenvalue weighted by atomic mass is 10.6. The number of rotatable bonds is 1. The SMILES string of the molecule is CC(=O)ON1CC1C#N.